The second kappa shape index (κ2) is 7.67. The van der Waals surface area contributed by atoms with Gasteiger partial charge in [-0.3, -0.25) is 0 Å². The van der Waals surface area contributed by atoms with E-state index in [1.807, 2.05) is 5.38 Å². The minimum atomic E-state index is 0.524. The molecule has 2 heterocycles. The molecule has 2 aromatic heterocycles. The van der Waals surface area contributed by atoms with Crippen molar-refractivity contribution in [1.82, 2.24) is 9.97 Å². The molecule has 2 aromatic rings. The van der Waals surface area contributed by atoms with Crippen LogP contribution in [-0.4, -0.2) is 23.1 Å². The van der Waals surface area contributed by atoms with Crippen molar-refractivity contribution in [3.8, 4) is 0 Å². The molecule has 0 aromatic carbocycles. The van der Waals surface area contributed by atoms with Crippen molar-refractivity contribution in [3.05, 3.63) is 32.7 Å². The Morgan fingerprint density at radius 1 is 1.15 bits per heavy atom. The van der Waals surface area contributed by atoms with Gasteiger partial charge in [-0.25, -0.2) is 9.97 Å². The Labute approximate surface area is 132 Å². The molecule has 2 rings (SSSR count). The smallest absolute Gasteiger partial charge is 0.147 e. The molecule has 0 fully saturated rings. The molecule has 0 saturated heterocycles. The zero-order valence-electron chi connectivity index (χ0n) is 11.1. The van der Waals surface area contributed by atoms with Crippen LogP contribution in [0.4, 0.5) is 11.6 Å². The summed E-state index contributed by atoms with van der Waals surface area (Å²) in [7, 11) is 0. The molecule has 0 spiro atoms. The summed E-state index contributed by atoms with van der Waals surface area (Å²) in [6.45, 7) is 3.64. The van der Waals surface area contributed by atoms with E-state index in [2.05, 4.69) is 27.5 Å². The highest BCUT2D eigenvalue weighted by molar-refractivity contribution is 7.09. The van der Waals surface area contributed by atoms with Gasteiger partial charge in [0.1, 0.15) is 11.6 Å². The van der Waals surface area contributed by atoms with Crippen molar-refractivity contribution in [2.45, 2.75) is 19.8 Å². The number of nitrogens with zero attached hydrogens (tertiary/aromatic N) is 2. The molecule has 0 aliphatic heterocycles. The molecule has 108 valence electrons. The van der Waals surface area contributed by atoms with Crippen molar-refractivity contribution < 1.29 is 0 Å². The molecule has 20 heavy (non-hydrogen) atoms. The van der Waals surface area contributed by atoms with Crippen LogP contribution in [0.5, 0.6) is 0 Å². The number of rotatable bonds is 7. The number of nitrogens with one attached hydrogen (secondary N) is 2. The Kier molecular flexibility index (Phi) is 5.88. The first-order chi connectivity index (χ1) is 9.70. The van der Waals surface area contributed by atoms with Gasteiger partial charge < -0.3 is 10.6 Å². The van der Waals surface area contributed by atoms with Gasteiger partial charge in [0, 0.05) is 31.1 Å². The fraction of sp³-hybridized carbons (Fsp3) is 0.385. The SMILES string of the molecule is CCCNc1nc(NCCc2nccs2)c(Cl)cc1Cl. The molecule has 0 bridgehead atoms. The zero-order valence-corrected chi connectivity index (χ0v) is 13.4. The van der Waals surface area contributed by atoms with Crippen molar-refractivity contribution in [2.75, 3.05) is 23.7 Å². The summed E-state index contributed by atoms with van der Waals surface area (Å²) in [6.07, 6.45) is 3.66. The van der Waals surface area contributed by atoms with Crippen molar-refractivity contribution in [1.29, 1.82) is 0 Å². The Morgan fingerprint density at radius 3 is 2.45 bits per heavy atom. The molecule has 7 heteroatoms. The molecule has 4 nitrogen and oxygen atoms in total. The minimum Gasteiger partial charge on any atom is -0.369 e. The van der Waals surface area contributed by atoms with Crippen LogP contribution in [0.25, 0.3) is 0 Å². The number of pyridine rings is 1. The van der Waals surface area contributed by atoms with Crippen LogP contribution in [0.15, 0.2) is 17.6 Å². The Hall–Kier alpha value is -1.04. The summed E-state index contributed by atoms with van der Waals surface area (Å²) in [4.78, 5) is 8.66. The molecule has 0 radical (unpaired) electrons. The highest BCUT2D eigenvalue weighted by atomic mass is 35.5. The summed E-state index contributed by atoms with van der Waals surface area (Å²) in [5.74, 6) is 1.31. The van der Waals surface area contributed by atoms with Gasteiger partial charge in [0.05, 0.1) is 15.1 Å². The molecule has 0 unspecified atom stereocenters. The van der Waals surface area contributed by atoms with E-state index in [0.717, 1.165) is 30.9 Å². The highest BCUT2D eigenvalue weighted by Gasteiger charge is 2.09. The van der Waals surface area contributed by atoms with E-state index in [9.17, 15) is 0 Å². The maximum atomic E-state index is 6.15. The number of thiazole rings is 1. The molecule has 0 aliphatic rings. The van der Waals surface area contributed by atoms with Crippen molar-refractivity contribution in [2.24, 2.45) is 0 Å². The van der Waals surface area contributed by atoms with E-state index in [1.54, 1.807) is 23.6 Å². The Bertz CT molecular complexity index is 546. The standard InChI is InChI=1S/C13H16Cl2N4S/c1-2-4-17-12-9(14)8-10(15)13(19-12)18-5-3-11-16-6-7-20-11/h6-8H,2-5H2,1H3,(H2,17,18,19). The lowest BCUT2D eigenvalue weighted by molar-refractivity contribution is 0.962. The lowest BCUT2D eigenvalue weighted by Crippen LogP contribution is -2.09. The van der Waals surface area contributed by atoms with E-state index in [4.69, 9.17) is 23.2 Å². The summed E-state index contributed by atoms with van der Waals surface area (Å²) in [6, 6.07) is 1.71. The van der Waals surface area contributed by atoms with Crippen LogP contribution in [-0.2, 0) is 6.42 Å². The van der Waals surface area contributed by atoms with Crippen LogP contribution in [0, 0.1) is 0 Å². The first-order valence-electron chi connectivity index (χ1n) is 6.43. The van der Waals surface area contributed by atoms with E-state index in [0.29, 0.717) is 21.7 Å². The topological polar surface area (TPSA) is 49.8 Å². The lowest BCUT2D eigenvalue weighted by Gasteiger charge is -2.11. The maximum absolute atomic E-state index is 6.15. The number of hydrogen-bond acceptors (Lipinski definition) is 5. The van der Waals surface area contributed by atoms with Crippen molar-refractivity contribution in [3.63, 3.8) is 0 Å². The monoisotopic (exact) mass is 330 g/mol. The first kappa shape index (κ1) is 15.4. The molecule has 0 aliphatic carbocycles. The van der Waals surface area contributed by atoms with Gasteiger partial charge in [0.2, 0.25) is 0 Å². The quantitative estimate of drug-likeness (QED) is 0.793. The third-order valence-electron chi connectivity index (χ3n) is 2.59. The fourth-order valence-electron chi connectivity index (χ4n) is 1.62. The second-order valence-electron chi connectivity index (χ2n) is 4.18. The third kappa shape index (κ3) is 4.23. The summed E-state index contributed by atoms with van der Waals surface area (Å²) < 4.78 is 0. The van der Waals surface area contributed by atoms with Gasteiger partial charge in [-0.05, 0) is 12.5 Å². The predicted octanol–water partition coefficient (Wildman–Crippen LogP) is 4.32. The fourth-order valence-corrected chi connectivity index (χ4v) is 2.73. The van der Waals surface area contributed by atoms with Gasteiger partial charge in [0.15, 0.2) is 0 Å². The largest absolute Gasteiger partial charge is 0.369 e. The number of halogens is 2. The number of hydrogen-bond donors (Lipinski definition) is 2. The Morgan fingerprint density at radius 2 is 1.85 bits per heavy atom. The molecular weight excluding hydrogens is 315 g/mol. The molecule has 0 atom stereocenters. The van der Waals surface area contributed by atoms with Gasteiger partial charge >= 0.3 is 0 Å². The minimum absolute atomic E-state index is 0.524. The Balaban J connectivity index is 1.99. The van der Waals surface area contributed by atoms with Crippen LogP contribution in [0.1, 0.15) is 18.4 Å². The van der Waals surface area contributed by atoms with Crippen LogP contribution in [0.3, 0.4) is 0 Å². The first-order valence-corrected chi connectivity index (χ1v) is 8.06. The van der Waals surface area contributed by atoms with E-state index in [-0.39, 0.29) is 0 Å². The van der Waals surface area contributed by atoms with E-state index >= 15 is 0 Å². The molecule has 0 saturated carbocycles. The van der Waals surface area contributed by atoms with Crippen LogP contribution < -0.4 is 10.6 Å². The van der Waals surface area contributed by atoms with Gasteiger partial charge in [-0.1, -0.05) is 30.1 Å². The average molecular weight is 331 g/mol. The normalized spacial score (nSPS) is 10.6. The second-order valence-corrected chi connectivity index (χ2v) is 5.97. The predicted molar refractivity (Wildman–Crippen MR) is 87.3 cm³/mol. The third-order valence-corrected chi connectivity index (χ3v) is 4.00. The summed E-state index contributed by atoms with van der Waals surface area (Å²) in [5.41, 5.74) is 0. The van der Waals surface area contributed by atoms with E-state index in [1.165, 1.54) is 0 Å². The van der Waals surface area contributed by atoms with Crippen LogP contribution >= 0.6 is 34.5 Å². The van der Waals surface area contributed by atoms with Gasteiger partial charge in [-0.2, -0.15) is 0 Å². The van der Waals surface area contributed by atoms with Gasteiger partial charge in [-0.15, -0.1) is 11.3 Å². The molecule has 0 amide bonds. The molecular formula is C13H16Cl2N4S. The average Bonchev–Trinajstić information content (AvgIpc) is 2.93. The van der Waals surface area contributed by atoms with Gasteiger partial charge in [0.25, 0.3) is 0 Å². The summed E-state index contributed by atoms with van der Waals surface area (Å²) >= 11 is 13.9. The number of anilines is 2. The maximum Gasteiger partial charge on any atom is 0.147 e. The highest BCUT2D eigenvalue weighted by Crippen LogP contribution is 2.29. The van der Waals surface area contributed by atoms with Crippen molar-refractivity contribution >= 4 is 46.2 Å². The lowest BCUT2D eigenvalue weighted by atomic mass is 10.4. The van der Waals surface area contributed by atoms with Crippen LogP contribution in [0.2, 0.25) is 10.0 Å². The summed E-state index contributed by atoms with van der Waals surface area (Å²) in [5, 5.41) is 10.5. The van der Waals surface area contributed by atoms with E-state index < -0.39 is 0 Å². The zero-order chi connectivity index (χ0) is 14.4. The molecule has 2 N–H and O–H groups in total. The number of aromatic nitrogens is 2.